The molecule has 6 heteroatoms. The van der Waals surface area contributed by atoms with Crippen LogP contribution in [0.1, 0.15) is 43.0 Å². The Balaban J connectivity index is 2.53. The number of rotatable bonds is 5. The largest absolute Gasteiger partial charge is 0.423 e. The number of carbonyl (C=O) groups is 3. The predicted octanol–water partition coefficient (Wildman–Crippen LogP) is 4.25. The lowest BCUT2D eigenvalue weighted by atomic mass is 10.1. The smallest absolute Gasteiger partial charge is 0.308 e. The summed E-state index contributed by atoms with van der Waals surface area (Å²) in [4.78, 5) is 34.4. The first-order valence-corrected chi connectivity index (χ1v) is 8.63. The van der Waals surface area contributed by atoms with Crippen LogP contribution in [0, 0.1) is 13.8 Å². The molecule has 0 saturated carbocycles. The molecule has 28 heavy (non-hydrogen) atoms. The number of hydrogen-bond donors (Lipinski definition) is 0. The summed E-state index contributed by atoms with van der Waals surface area (Å²) >= 11 is 0. The van der Waals surface area contributed by atoms with Crippen LogP contribution in [-0.4, -0.2) is 17.9 Å². The van der Waals surface area contributed by atoms with E-state index >= 15 is 0 Å². The summed E-state index contributed by atoms with van der Waals surface area (Å²) < 4.78 is 15.4. The topological polar surface area (TPSA) is 78.9 Å². The zero-order valence-corrected chi connectivity index (χ0v) is 16.5. The molecule has 0 aliphatic heterocycles. The molecule has 0 amide bonds. The molecule has 2 aromatic carbocycles. The minimum Gasteiger partial charge on any atom is -0.423 e. The van der Waals surface area contributed by atoms with Gasteiger partial charge >= 0.3 is 17.9 Å². The molecule has 0 fully saturated rings. The van der Waals surface area contributed by atoms with Crippen molar-refractivity contribution in [3.63, 3.8) is 0 Å². The standard InChI is InChI=1S/C22H22O6/c1-13-8-14(2)10-18(9-13)6-7-19-11-20(26-15(3)23)22(28-17(5)25)21(12-19)27-16(4)24/h6-12H,1-5H3/b7-6+. The van der Waals surface area contributed by atoms with E-state index in [-0.39, 0.29) is 17.2 Å². The average molecular weight is 382 g/mol. The van der Waals surface area contributed by atoms with Crippen LogP contribution in [0.3, 0.4) is 0 Å². The van der Waals surface area contributed by atoms with Crippen LogP contribution in [0.4, 0.5) is 0 Å². The van der Waals surface area contributed by atoms with E-state index in [9.17, 15) is 14.4 Å². The molecule has 0 heterocycles. The highest BCUT2D eigenvalue weighted by Crippen LogP contribution is 2.40. The highest BCUT2D eigenvalue weighted by molar-refractivity contribution is 5.80. The van der Waals surface area contributed by atoms with Crippen LogP contribution in [-0.2, 0) is 14.4 Å². The fourth-order valence-corrected chi connectivity index (χ4v) is 2.70. The number of esters is 3. The minimum absolute atomic E-state index is 0.0125. The molecule has 0 atom stereocenters. The lowest BCUT2D eigenvalue weighted by Crippen LogP contribution is -2.10. The summed E-state index contributed by atoms with van der Waals surface area (Å²) in [5.41, 5.74) is 3.85. The predicted molar refractivity (Wildman–Crippen MR) is 105 cm³/mol. The van der Waals surface area contributed by atoms with Gasteiger partial charge in [-0.1, -0.05) is 41.5 Å². The van der Waals surface area contributed by atoms with Crippen LogP contribution in [0.15, 0.2) is 30.3 Å². The number of ether oxygens (including phenoxy) is 3. The van der Waals surface area contributed by atoms with Gasteiger partial charge in [0.1, 0.15) is 0 Å². The second-order valence-electron chi connectivity index (χ2n) is 6.38. The molecule has 2 rings (SSSR count). The SMILES string of the molecule is CC(=O)Oc1cc(/C=C/c2cc(C)cc(C)c2)cc(OC(C)=O)c1OC(C)=O. The van der Waals surface area contributed by atoms with Crippen molar-refractivity contribution in [3.8, 4) is 17.2 Å². The van der Waals surface area contributed by atoms with Crippen LogP contribution in [0.5, 0.6) is 17.2 Å². The Morgan fingerprint density at radius 2 is 1.04 bits per heavy atom. The molecule has 146 valence electrons. The fraction of sp³-hybridized carbons (Fsp3) is 0.227. The molecule has 0 saturated heterocycles. The summed E-state index contributed by atoms with van der Waals surface area (Å²) in [5, 5.41) is 0. The summed E-state index contributed by atoms with van der Waals surface area (Å²) in [6.07, 6.45) is 3.67. The molecule has 0 aliphatic carbocycles. The van der Waals surface area contributed by atoms with Crippen molar-refractivity contribution in [2.75, 3.05) is 0 Å². The molecule has 0 radical (unpaired) electrons. The molecule has 0 N–H and O–H groups in total. The van der Waals surface area contributed by atoms with Gasteiger partial charge in [0.2, 0.25) is 5.75 Å². The van der Waals surface area contributed by atoms with Gasteiger partial charge in [0, 0.05) is 20.8 Å². The second kappa shape index (κ2) is 8.99. The quantitative estimate of drug-likeness (QED) is 0.437. The summed E-state index contributed by atoms with van der Waals surface area (Å²) in [6, 6.07) is 9.19. The van der Waals surface area contributed by atoms with E-state index in [4.69, 9.17) is 14.2 Å². The van der Waals surface area contributed by atoms with Gasteiger partial charge in [0.25, 0.3) is 0 Å². The molecule has 0 unspecified atom stereocenters. The van der Waals surface area contributed by atoms with Crippen LogP contribution >= 0.6 is 0 Å². The Morgan fingerprint density at radius 3 is 1.43 bits per heavy atom. The molecule has 0 aliphatic rings. The third-order valence-electron chi connectivity index (χ3n) is 3.51. The van der Waals surface area contributed by atoms with Crippen LogP contribution in [0.25, 0.3) is 12.2 Å². The van der Waals surface area contributed by atoms with E-state index in [0.717, 1.165) is 16.7 Å². The van der Waals surface area contributed by atoms with Crippen molar-refractivity contribution in [2.24, 2.45) is 0 Å². The monoisotopic (exact) mass is 382 g/mol. The van der Waals surface area contributed by atoms with Crippen molar-refractivity contribution in [2.45, 2.75) is 34.6 Å². The Morgan fingerprint density at radius 1 is 0.643 bits per heavy atom. The number of benzene rings is 2. The number of hydrogen-bond acceptors (Lipinski definition) is 6. The zero-order chi connectivity index (χ0) is 20.8. The zero-order valence-electron chi connectivity index (χ0n) is 16.5. The molecule has 0 bridgehead atoms. The van der Waals surface area contributed by atoms with E-state index in [0.29, 0.717) is 5.56 Å². The molecular formula is C22H22O6. The molecule has 0 spiro atoms. The molecule has 2 aromatic rings. The van der Waals surface area contributed by atoms with Crippen LogP contribution < -0.4 is 14.2 Å². The van der Waals surface area contributed by atoms with E-state index in [2.05, 4.69) is 6.07 Å². The van der Waals surface area contributed by atoms with Crippen molar-refractivity contribution in [1.82, 2.24) is 0 Å². The van der Waals surface area contributed by atoms with Crippen molar-refractivity contribution in [1.29, 1.82) is 0 Å². The highest BCUT2D eigenvalue weighted by atomic mass is 16.6. The van der Waals surface area contributed by atoms with Crippen molar-refractivity contribution in [3.05, 3.63) is 52.6 Å². The van der Waals surface area contributed by atoms with Crippen LogP contribution in [0.2, 0.25) is 0 Å². The molecule has 6 nitrogen and oxygen atoms in total. The van der Waals surface area contributed by atoms with Gasteiger partial charge in [-0.15, -0.1) is 0 Å². The summed E-state index contributed by atoms with van der Waals surface area (Å²) in [7, 11) is 0. The fourth-order valence-electron chi connectivity index (χ4n) is 2.70. The average Bonchev–Trinajstić information content (AvgIpc) is 2.53. The molecule has 0 aromatic heterocycles. The Bertz CT molecular complexity index is 898. The van der Waals surface area contributed by atoms with Gasteiger partial charge in [-0.2, -0.15) is 0 Å². The molecular weight excluding hydrogens is 360 g/mol. The van der Waals surface area contributed by atoms with Gasteiger partial charge in [-0.25, -0.2) is 0 Å². The van der Waals surface area contributed by atoms with Gasteiger partial charge < -0.3 is 14.2 Å². The minimum atomic E-state index is -0.639. The van der Waals surface area contributed by atoms with Crippen molar-refractivity contribution >= 4 is 30.1 Å². The van der Waals surface area contributed by atoms with E-state index in [1.807, 2.05) is 32.1 Å². The lowest BCUT2D eigenvalue weighted by Gasteiger charge is -2.14. The van der Waals surface area contributed by atoms with Crippen molar-refractivity contribution < 1.29 is 28.6 Å². The third-order valence-corrected chi connectivity index (χ3v) is 3.51. The highest BCUT2D eigenvalue weighted by Gasteiger charge is 2.19. The van der Waals surface area contributed by atoms with E-state index in [1.165, 1.54) is 32.9 Å². The van der Waals surface area contributed by atoms with Gasteiger partial charge in [0.15, 0.2) is 11.5 Å². The Labute approximate surface area is 163 Å². The first kappa shape index (κ1) is 20.9. The first-order valence-electron chi connectivity index (χ1n) is 8.63. The van der Waals surface area contributed by atoms with E-state index in [1.54, 1.807) is 6.08 Å². The summed E-state index contributed by atoms with van der Waals surface area (Å²) in [5.74, 6) is -1.99. The first-order chi connectivity index (χ1) is 13.1. The number of aryl methyl sites for hydroxylation is 2. The third kappa shape index (κ3) is 6.09. The number of carbonyl (C=O) groups excluding carboxylic acids is 3. The maximum absolute atomic E-state index is 11.5. The van der Waals surface area contributed by atoms with Gasteiger partial charge in [-0.3, -0.25) is 14.4 Å². The Hall–Kier alpha value is -3.41. The second-order valence-corrected chi connectivity index (χ2v) is 6.38. The normalized spacial score (nSPS) is 10.6. The maximum atomic E-state index is 11.5. The Kier molecular flexibility index (Phi) is 6.71. The van der Waals surface area contributed by atoms with Gasteiger partial charge in [0.05, 0.1) is 0 Å². The lowest BCUT2D eigenvalue weighted by molar-refractivity contribution is -0.135. The van der Waals surface area contributed by atoms with Gasteiger partial charge in [-0.05, 0) is 37.1 Å². The summed E-state index contributed by atoms with van der Waals surface area (Å²) in [6.45, 7) is 7.66. The maximum Gasteiger partial charge on any atom is 0.308 e. The van der Waals surface area contributed by atoms with E-state index < -0.39 is 17.9 Å².